The summed E-state index contributed by atoms with van der Waals surface area (Å²) in [6.45, 7) is 1.86. The lowest BCUT2D eigenvalue weighted by molar-refractivity contribution is -0.109. The van der Waals surface area contributed by atoms with Gasteiger partial charge in [-0.05, 0) is 6.92 Å². The molecule has 5 nitrogen and oxygen atoms in total. The Hall–Kier alpha value is -1.04. The maximum absolute atomic E-state index is 11.6. The number of esters is 1. The molecule has 0 aliphatic carbocycles. The molecule has 0 aromatic carbocycles. The summed E-state index contributed by atoms with van der Waals surface area (Å²) in [5.41, 5.74) is 0.108. The number of ether oxygens (including phenoxy) is 1. The molecule has 0 fully saturated rings. The Morgan fingerprint density at radius 3 is 2.56 bits per heavy atom. The summed E-state index contributed by atoms with van der Waals surface area (Å²) < 4.78 is 4.79. The van der Waals surface area contributed by atoms with Crippen molar-refractivity contribution in [3.8, 4) is 0 Å². The zero-order valence-corrected chi connectivity index (χ0v) is 11.6. The fourth-order valence-electron chi connectivity index (χ4n) is 1.15. The molecule has 0 unspecified atom stereocenters. The zero-order valence-electron chi connectivity index (χ0n) is 9.30. The molecule has 1 aromatic heterocycles. The quantitative estimate of drug-likeness (QED) is 0.670. The van der Waals surface area contributed by atoms with Gasteiger partial charge in [-0.3, -0.25) is 4.79 Å². The summed E-state index contributed by atoms with van der Waals surface area (Å²) in [6, 6.07) is 0. The average Bonchev–Trinajstić information content (AvgIpc) is 2.35. The largest absolute Gasteiger partial charge is 0.461 e. The standard InChI is InChI=1S/C10H9Cl3N2O3/c1-2-18-10(17)9-8(13)7(12)6(11)5(15-9)3-14-4-16/h4H,2-3H2,1H3,(H,14,16). The van der Waals surface area contributed by atoms with Crippen LogP contribution in [0.15, 0.2) is 0 Å². The third-order valence-corrected chi connectivity index (χ3v) is 3.26. The van der Waals surface area contributed by atoms with Gasteiger partial charge in [0.2, 0.25) is 6.41 Å². The summed E-state index contributed by atoms with van der Waals surface area (Å²) >= 11 is 17.6. The third kappa shape index (κ3) is 3.25. The van der Waals surface area contributed by atoms with Gasteiger partial charge in [-0.25, -0.2) is 9.78 Å². The number of aromatic nitrogens is 1. The van der Waals surface area contributed by atoms with Crippen molar-refractivity contribution in [1.29, 1.82) is 0 Å². The lowest BCUT2D eigenvalue weighted by atomic mass is 10.3. The van der Waals surface area contributed by atoms with E-state index in [0.29, 0.717) is 6.41 Å². The molecular weight excluding hydrogens is 302 g/mol. The molecule has 0 spiro atoms. The van der Waals surface area contributed by atoms with Crippen LogP contribution in [0, 0.1) is 0 Å². The van der Waals surface area contributed by atoms with Crippen LogP contribution in [0.1, 0.15) is 23.1 Å². The molecule has 98 valence electrons. The Kier molecular flexibility index (Phi) is 5.65. The SMILES string of the molecule is CCOC(=O)c1nc(CNC=O)c(Cl)c(Cl)c1Cl. The van der Waals surface area contributed by atoms with Crippen LogP contribution in [0.4, 0.5) is 0 Å². The normalized spacial score (nSPS) is 10.0. The maximum Gasteiger partial charge on any atom is 0.358 e. The predicted molar refractivity (Wildman–Crippen MR) is 68.1 cm³/mol. The van der Waals surface area contributed by atoms with Crippen LogP contribution in [0.3, 0.4) is 0 Å². The molecule has 0 radical (unpaired) electrons. The Balaban J connectivity index is 3.22. The van der Waals surface area contributed by atoms with E-state index in [1.165, 1.54) is 0 Å². The van der Waals surface area contributed by atoms with Crippen LogP contribution < -0.4 is 5.32 Å². The van der Waals surface area contributed by atoms with Crippen molar-refractivity contribution < 1.29 is 14.3 Å². The van der Waals surface area contributed by atoms with Crippen molar-refractivity contribution in [2.24, 2.45) is 0 Å². The molecule has 1 N–H and O–H groups in total. The summed E-state index contributed by atoms with van der Waals surface area (Å²) in [7, 11) is 0. The van der Waals surface area contributed by atoms with Gasteiger partial charge in [0.25, 0.3) is 0 Å². The number of pyridine rings is 1. The van der Waals surface area contributed by atoms with E-state index in [0.717, 1.165) is 0 Å². The number of hydrogen-bond donors (Lipinski definition) is 1. The summed E-state index contributed by atoms with van der Waals surface area (Å²) in [4.78, 5) is 25.8. The van der Waals surface area contributed by atoms with Crippen LogP contribution in [0.2, 0.25) is 15.1 Å². The second kappa shape index (κ2) is 6.78. The molecule has 1 heterocycles. The summed E-state index contributed by atoms with van der Waals surface area (Å²) in [6.07, 6.45) is 0.477. The fourth-order valence-corrected chi connectivity index (χ4v) is 1.81. The van der Waals surface area contributed by atoms with Crippen molar-refractivity contribution in [3.63, 3.8) is 0 Å². The van der Waals surface area contributed by atoms with Gasteiger partial charge in [-0.1, -0.05) is 34.8 Å². The van der Waals surface area contributed by atoms with Crippen LogP contribution in [0.5, 0.6) is 0 Å². The molecule has 0 bridgehead atoms. The highest BCUT2D eigenvalue weighted by Crippen LogP contribution is 2.34. The van der Waals surface area contributed by atoms with Gasteiger partial charge in [0.05, 0.1) is 33.9 Å². The highest BCUT2D eigenvalue weighted by molar-refractivity contribution is 6.49. The number of nitrogens with one attached hydrogen (secondary N) is 1. The van der Waals surface area contributed by atoms with E-state index in [-0.39, 0.29) is 39.6 Å². The third-order valence-electron chi connectivity index (χ3n) is 1.92. The molecule has 0 atom stereocenters. The van der Waals surface area contributed by atoms with Gasteiger partial charge in [0.15, 0.2) is 5.69 Å². The number of hydrogen-bond acceptors (Lipinski definition) is 4. The molecule has 0 saturated heterocycles. The van der Waals surface area contributed by atoms with Crippen LogP contribution in [-0.4, -0.2) is 24.0 Å². The van der Waals surface area contributed by atoms with Gasteiger partial charge in [-0.2, -0.15) is 0 Å². The number of carbonyl (C=O) groups excluding carboxylic acids is 2. The number of rotatable bonds is 5. The zero-order chi connectivity index (χ0) is 13.7. The molecule has 0 saturated carbocycles. The van der Waals surface area contributed by atoms with Gasteiger partial charge in [-0.15, -0.1) is 0 Å². The minimum atomic E-state index is -0.701. The number of carbonyl (C=O) groups is 2. The lowest BCUT2D eigenvalue weighted by Gasteiger charge is -2.10. The second-order valence-corrected chi connectivity index (χ2v) is 4.20. The van der Waals surface area contributed by atoms with E-state index in [4.69, 9.17) is 39.5 Å². The average molecular weight is 312 g/mol. The molecule has 1 aromatic rings. The predicted octanol–water partition coefficient (Wildman–Crippen LogP) is 2.46. The van der Waals surface area contributed by atoms with E-state index in [1.807, 2.05) is 0 Å². The topological polar surface area (TPSA) is 68.3 Å². The van der Waals surface area contributed by atoms with Crippen molar-refractivity contribution >= 4 is 47.2 Å². The Morgan fingerprint density at radius 1 is 1.33 bits per heavy atom. The lowest BCUT2D eigenvalue weighted by Crippen LogP contribution is -2.15. The number of halogens is 3. The summed E-state index contributed by atoms with van der Waals surface area (Å²) in [5.74, 6) is -0.701. The number of nitrogens with zero attached hydrogens (tertiary/aromatic N) is 1. The van der Waals surface area contributed by atoms with Gasteiger partial charge in [0.1, 0.15) is 0 Å². The smallest absolute Gasteiger partial charge is 0.358 e. The summed E-state index contributed by atoms with van der Waals surface area (Å²) in [5, 5.41) is 2.38. The van der Waals surface area contributed by atoms with E-state index in [9.17, 15) is 9.59 Å². The highest BCUT2D eigenvalue weighted by atomic mass is 35.5. The van der Waals surface area contributed by atoms with E-state index in [1.54, 1.807) is 6.92 Å². The monoisotopic (exact) mass is 310 g/mol. The van der Waals surface area contributed by atoms with Crippen molar-refractivity contribution in [2.75, 3.05) is 6.61 Å². The van der Waals surface area contributed by atoms with E-state index >= 15 is 0 Å². The fraction of sp³-hybridized carbons (Fsp3) is 0.300. The Bertz CT molecular complexity index is 480. The van der Waals surface area contributed by atoms with E-state index in [2.05, 4.69) is 10.3 Å². The van der Waals surface area contributed by atoms with Crippen LogP contribution in [-0.2, 0) is 16.1 Å². The highest BCUT2D eigenvalue weighted by Gasteiger charge is 2.21. The molecule has 1 rings (SSSR count). The molecule has 8 heteroatoms. The van der Waals surface area contributed by atoms with Gasteiger partial charge < -0.3 is 10.1 Å². The Labute approximate surface area is 118 Å². The van der Waals surface area contributed by atoms with Crippen LogP contribution >= 0.6 is 34.8 Å². The first-order valence-corrected chi connectivity index (χ1v) is 6.03. The Morgan fingerprint density at radius 2 is 2.00 bits per heavy atom. The first-order chi connectivity index (χ1) is 8.52. The number of amides is 1. The van der Waals surface area contributed by atoms with Gasteiger partial charge in [0, 0.05) is 0 Å². The molecule has 0 aliphatic rings. The first-order valence-electron chi connectivity index (χ1n) is 4.90. The second-order valence-electron chi connectivity index (χ2n) is 3.07. The molecule has 0 aliphatic heterocycles. The molecular formula is C10H9Cl3N2O3. The van der Waals surface area contributed by atoms with Gasteiger partial charge >= 0.3 is 5.97 Å². The maximum atomic E-state index is 11.6. The van der Waals surface area contributed by atoms with Crippen LogP contribution in [0.25, 0.3) is 0 Å². The minimum Gasteiger partial charge on any atom is -0.461 e. The van der Waals surface area contributed by atoms with Crippen molar-refractivity contribution in [1.82, 2.24) is 10.3 Å². The van der Waals surface area contributed by atoms with E-state index < -0.39 is 5.97 Å². The first kappa shape index (κ1) is 15.0. The van der Waals surface area contributed by atoms with Crippen molar-refractivity contribution in [3.05, 3.63) is 26.5 Å². The molecule has 18 heavy (non-hydrogen) atoms. The van der Waals surface area contributed by atoms with Crippen molar-refractivity contribution in [2.45, 2.75) is 13.5 Å². The minimum absolute atomic E-state index is 0.000847. The molecule has 1 amide bonds.